The highest BCUT2D eigenvalue weighted by Crippen LogP contribution is 2.39. The van der Waals surface area contributed by atoms with Gasteiger partial charge in [-0.1, -0.05) is 29.8 Å². The molecule has 0 spiro atoms. The summed E-state index contributed by atoms with van der Waals surface area (Å²) in [6.45, 7) is 5.21. The van der Waals surface area contributed by atoms with Gasteiger partial charge in [0.1, 0.15) is 17.2 Å². The zero-order valence-corrected chi connectivity index (χ0v) is 13.1. The van der Waals surface area contributed by atoms with Crippen molar-refractivity contribution in [3.63, 3.8) is 0 Å². The first kappa shape index (κ1) is 14.8. The van der Waals surface area contributed by atoms with E-state index in [1.807, 2.05) is 6.07 Å². The van der Waals surface area contributed by atoms with Gasteiger partial charge in [0, 0.05) is 16.6 Å². The van der Waals surface area contributed by atoms with Crippen molar-refractivity contribution in [3.8, 4) is 5.75 Å². The van der Waals surface area contributed by atoms with Crippen LogP contribution in [0.1, 0.15) is 39.5 Å². The molecule has 1 aromatic carbocycles. The Bertz CT molecular complexity index is 412. The summed E-state index contributed by atoms with van der Waals surface area (Å²) in [5.41, 5.74) is -0.102. The Labute approximate surface area is 122 Å². The normalized spacial score (nSPS) is 17.3. The lowest BCUT2D eigenvalue weighted by atomic mass is 9.77. The maximum atomic E-state index is 13.4. The van der Waals surface area contributed by atoms with Gasteiger partial charge in [0.25, 0.3) is 0 Å². The van der Waals surface area contributed by atoms with E-state index in [1.54, 1.807) is 0 Å². The smallest absolute Gasteiger partial charge is 0.128 e. The molecular formula is C15H21BrFNO. The Morgan fingerprint density at radius 1 is 1.37 bits per heavy atom. The van der Waals surface area contributed by atoms with Crippen LogP contribution in [0.3, 0.4) is 0 Å². The van der Waals surface area contributed by atoms with Crippen molar-refractivity contribution in [3.05, 3.63) is 28.5 Å². The molecule has 0 radical (unpaired) electrons. The molecule has 19 heavy (non-hydrogen) atoms. The van der Waals surface area contributed by atoms with Crippen LogP contribution >= 0.6 is 15.9 Å². The Hall–Kier alpha value is -0.610. The lowest BCUT2D eigenvalue weighted by Crippen LogP contribution is -2.46. The lowest BCUT2D eigenvalue weighted by Gasteiger charge is -2.42. The molecule has 4 heteroatoms. The molecular weight excluding hydrogens is 309 g/mol. The number of rotatable bonds is 6. The van der Waals surface area contributed by atoms with Crippen LogP contribution in [-0.4, -0.2) is 18.2 Å². The lowest BCUT2D eigenvalue weighted by molar-refractivity contribution is -0.0147. The first-order chi connectivity index (χ1) is 8.99. The summed E-state index contributed by atoms with van der Waals surface area (Å²) in [6.07, 6.45) is 4.28. The third kappa shape index (κ3) is 4.18. The van der Waals surface area contributed by atoms with Gasteiger partial charge in [-0.15, -0.1) is 0 Å². The number of ether oxygens (including phenoxy) is 1. The number of benzene rings is 1. The zero-order valence-electron chi connectivity index (χ0n) is 11.5. The molecule has 0 amide bonds. The molecule has 0 saturated heterocycles. The van der Waals surface area contributed by atoms with E-state index in [4.69, 9.17) is 4.74 Å². The van der Waals surface area contributed by atoms with Crippen molar-refractivity contribution in [1.82, 2.24) is 5.32 Å². The van der Waals surface area contributed by atoms with E-state index in [9.17, 15) is 4.39 Å². The minimum Gasteiger partial charge on any atom is -0.487 e. The number of hydrogen-bond donors (Lipinski definition) is 1. The van der Waals surface area contributed by atoms with Crippen molar-refractivity contribution >= 4 is 15.9 Å². The molecule has 0 aromatic heterocycles. The Kier molecular flexibility index (Phi) is 4.85. The standard InChI is InChI=1S/C15H21BrFNO/c1-11(2)18-7-6-15(4-3-5-15)19-14-9-12(16)8-13(17)10-14/h8-11,18H,3-7H2,1-2H3. The first-order valence-corrected chi connectivity index (χ1v) is 7.67. The molecule has 1 aliphatic rings. The highest BCUT2D eigenvalue weighted by Gasteiger charge is 2.38. The summed E-state index contributed by atoms with van der Waals surface area (Å²) in [6, 6.07) is 5.22. The van der Waals surface area contributed by atoms with Gasteiger partial charge >= 0.3 is 0 Å². The fourth-order valence-electron chi connectivity index (χ4n) is 2.40. The van der Waals surface area contributed by atoms with Crippen LogP contribution in [-0.2, 0) is 0 Å². The quantitative estimate of drug-likeness (QED) is 0.841. The van der Waals surface area contributed by atoms with E-state index in [1.165, 1.54) is 18.6 Å². The first-order valence-electron chi connectivity index (χ1n) is 6.88. The van der Waals surface area contributed by atoms with Crippen molar-refractivity contribution in [2.24, 2.45) is 0 Å². The minimum absolute atomic E-state index is 0.102. The third-order valence-electron chi connectivity index (χ3n) is 3.57. The summed E-state index contributed by atoms with van der Waals surface area (Å²) in [5, 5.41) is 3.41. The second-order valence-electron chi connectivity index (χ2n) is 5.60. The largest absolute Gasteiger partial charge is 0.487 e. The predicted octanol–water partition coefficient (Wildman–Crippen LogP) is 4.28. The average molecular weight is 330 g/mol. The van der Waals surface area contributed by atoms with E-state index in [0.717, 1.165) is 30.3 Å². The van der Waals surface area contributed by atoms with E-state index < -0.39 is 0 Å². The summed E-state index contributed by atoms with van der Waals surface area (Å²) < 4.78 is 20.2. The van der Waals surface area contributed by atoms with Crippen molar-refractivity contribution < 1.29 is 9.13 Å². The fraction of sp³-hybridized carbons (Fsp3) is 0.600. The van der Waals surface area contributed by atoms with Crippen molar-refractivity contribution in [1.29, 1.82) is 0 Å². The minimum atomic E-state index is -0.265. The molecule has 0 unspecified atom stereocenters. The maximum absolute atomic E-state index is 13.4. The second kappa shape index (κ2) is 6.23. The van der Waals surface area contributed by atoms with Crippen LogP contribution in [0.2, 0.25) is 0 Å². The third-order valence-corrected chi connectivity index (χ3v) is 4.03. The van der Waals surface area contributed by atoms with E-state index in [0.29, 0.717) is 11.8 Å². The SMILES string of the molecule is CC(C)NCCC1(Oc2cc(F)cc(Br)c2)CCC1. The summed E-state index contributed by atoms with van der Waals surface area (Å²) in [4.78, 5) is 0. The molecule has 2 nitrogen and oxygen atoms in total. The van der Waals surface area contributed by atoms with Gasteiger partial charge in [0.2, 0.25) is 0 Å². The zero-order chi connectivity index (χ0) is 13.9. The van der Waals surface area contributed by atoms with Gasteiger partial charge in [0.05, 0.1) is 0 Å². The molecule has 0 aliphatic heterocycles. The van der Waals surface area contributed by atoms with Gasteiger partial charge in [0.15, 0.2) is 0 Å². The van der Waals surface area contributed by atoms with E-state index >= 15 is 0 Å². The van der Waals surface area contributed by atoms with Crippen LogP contribution in [0.15, 0.2) is 22.7 Å². The highest BCUT2D eigenvalue weighted by atomic mass is 79.9. The molecule has 0 atom stereocenters. The molecule has 1 N–H and O–H groups in total. The fourth-order valence-corrected chi connectivity index (χ4v) is 2.84. The molecule has 1 saturated carbocycles. The van der Waals surface area contributed by atoms with E-state index in [2.05, 4.69) is 35.1 Å². The van der Waals surface area contributed by atoms with Crippen LogP contribution < -0.4 is 10.1 Å². The molecule has 1 aliphatic carbocycles. The summed E-state index contributed by atoms with van der Waals surface area (Å²) in [7, 11) is 0. The summed E-state index contributed by atoms with van der Waals surface area (Å²) in [5.74, 6) is 0.357. The number of halogens is 2. The van der Waals surface area contributed by atoms with Gasteiger partial charge in [-0.25, -0.2) is 4.39 Å². The Balaban J connectivity index is 1.97. The van der Waals surface area contributed by atoms with Crippen molar-refractivity contribution in [2.45, 2.75) is 51.2 Å². The molecule has 0 heterocycles. The molecule has 106 valence electrons. The number of hydrogen-bond acceptors (Lipinski definition) is 2. The number of nitrogens with one attached hydrogen (secondary N) is 1. The second-order valence-corrected chi connectivity index (χ2v) is 6.52. The van der Waals surface area contributed by atoms with Crippen LogP contribution in [0, 0.1) is 5.82 Å². The Morgan fingerprint density at radius 2 is 2.11 bits per heavy atom. The molecule has 1 fully saturated rings. The average Bonchev–Trinajstić information content (AvgIpc) is 2.23. The van der Waals surface area contributed by atoms with E-state index in [-0.39, 0.29) is 11.4 Å². The monoisotopic (exact) mass is 329 g/mol. The summed E-state index contributed by atoms with van der Waals surface area (Å²) >= 11 is 3.30. The van der Waals surface area contributed by atoms with Crippen molar-refractivity contribution in [2.75, 3.05) is 6.54 Å². The van der Waals surface area contributed by atoms with Crippen LogP contribution in [0.5, 0.6) is 5.75 Å². The molecule has 1 aromatic rings. The Morgan fingerprint density at radius 3 is 2.63 bits per heavy atom. The highest BCUT2D eigenvalue weighted by molar-refractivity contribution is 9.10. The topological polar surface area (TPSA) is 21.3 Å². The van der Waals surface area contributed by atoms with Gasteiger partial charge in [-0.2, -0.15) is 0 Å². The van der Waals surface area contributed by atoms with Gasteiger partial charge in [-0.05, 0) is 44.4 Å². The van der Waals surface area contributed by atoms with Gasteiger partial charge < -0.3 is 10.1 Å². The van der Waals surface area contributed by atoms with Gasteiger partial charge in [-0.3, -0.25) is 0 Å². The predicted molar refractivity (Wildman–Crippen MR) is 79.1 cm³/mol. The van der Waals surface area contributed by atoms with Crippen LogP contribution in [0.4, 0.5) is 4.39 Å². The molecule has 2 rings (SSSR count). The molecule has 0 bridgehead atoms. The maximum Gasteiger partial charge on any atom is 0.128 e. The van der Waals surface area contributed by atoms with Crippen LogP contribution in [0.25, 0.3) is 0 Å².